The number of nitrogens with two attached hydrogens (primary N) is 1. The number of halogens is 1. The third kappa shape index (κ3) is 2.88. The summed E-state index contributed by atoms with van der Waals surface area (Å²) in [4.78, 5) is 0. The smallest absolute Gasteiger partial charge is 0.150 e. The van der Waals surface area contributed by atoms with Crippen molar-refractivity contribution in [3.63, 3.8) is 0 Å². The number of furan rings is 1. The van der Waals surface area contributed by atoms with Crippen LogP contribution in [0.3, 0.4) is 0 Å². The molecule has 1 aromatic heterocycles. The highest BCUT2D eigenvalue weighted by molar-refractivity contribution is 6.31. The average molecular weight is 275 g/mol. The molecule has 0 amide bonds. The van der Waals surface area contributed by atoms with Gasteiger partial charge >= 0.3 is 0 Å². The number of aryl methyl sites for hydroxylation is 2. The number of hydrogen-bond donors (Lipinski definition) is 2. The third-order valence-electron chi connectivity index (χ3n) is 2.79. The highest BCUT2D eigenvalue weighted by Crippen LogP contribution is 2.25. The molecule has 0 unspecified atom stereocenters. The predicted octanol–water partition coefficient (Wildman–Crippen LogP) is 4.03. The number of rotatable bonds is 3. The van der Waals surface area contributed by atoms with E-state index in [9.17, 15) is 0 Å². The maximum Gasteiger partial charge on any atom is 0.150 e. The Morgan fingerprint density at radius 2 is 2.00 bits per heavy atom. The van der Waals surface area contributed by atoms with Gasteiger partial charge in [0.1, 0.15) is 5.76 Å². The Balaban J connectivity index is 2.57. The normalized spacial score (nSPS) is 12.2. The van der Waals surface area contributed by atoms with Crippen molar-refractivity contribution in [1.82, 2.24) is 0 Å². The van der Waals surface area contributed by atoms with Crippen LogP contribution >= 0.6 is 11.6 Å². The minimum absolute atomic E-state index is 0.435. The van der Waals surface area contributed by atoms with E-state index in [0.29, 0.717) is 22.1 Å². The van der Waals surface area contributed by atoms with E-state index >= 15 is 0 Å². The molecule has 3 nitrogen and oxygen atoms in total. The highest BCUT2D eigenvalue weighted by atomic mass is 35.5. The second kappa shape index (κ2) is 5.33. The topological polar surface area (TPSA) is 63.0 Å². The van der Waals surface area contributed by atoms with Crippen LogP contribution in [0.25, 0.3) is 11.3 Å². The molecular weight excluding hydrogens is 260 g/mol. The molecule has 1 heterocycles. The predicted molar refractivity (Wildman–Crippen MR) is 79.4 cm³/mol. The maximum atomic E-state index is 7.58. The molecule has 0 aliphatic carbocycles. The highest BCUT2D eigenvalue weighted by Gasteiger charge is 2.10. The second-order valence-corrected chi connectivity index (χ2v) is 4.84. The van der Waals surface area contributed by atoms with Gasteiger partial charge < -0.3 is 15.6 Å². The lowest BCUT2D eigenvalue weighted by Gasteiger charge is -2.08. The Hall–Kier alpha value is -2.00. The lowest BCUT2D eigenvalue weighted by atomic mass is 10.0. The summed E-state index contributed by atoms with van der Waals surface area (Å²) in [5.74, 6) is 1.35. The fourth-order valence-corrected chi connectivity index (χ4v) is 2.21. The molecule has 0 radical (unpaired) electrons. The molecule has 4 heteroatoms. The molecule has 1 aromatic carbocycles. The zero-order chi connectivity index (χ0) is 14.0. The van der Waals surface area contributed by atoms with E-state index in [1.165, 1.54) is 6.21 Å². The lowest BCUT2D eigenvalue weighted by molar-refractivity contribution is 0.521. The largest absolute Gasteiger partial charge is 0.460 e. The van der Waals surface area contributed by atoms with Crippen LogP contribution < -0.4 is 5.73 Å². The second-order valence-electron chi connectivity index (χ2n) is 4.40. The van der Waals surface area contributed by atoms with Gasteiger partial charge in [-0.2, -0.15) is 0 Å². The molecule has 2 rings (SSSR count). The monoisotopic (exact) mass is 274 g/mol. The maximum absolute atomic E-state index is 7.58. The minimum Gasteiger partial charge on any atom is -0.460 e. The van der Waals surface area contributed by atoms with Crippen molar-refractivity contribution in [1.29, 1.82) is 5.41 Å². The van der Waals surface area contributed by atoms with Crippen LogP contribution in [0.2, 0.25) is 5.02 Å². The van der Waals surface area contributed by atoms with Gasteiger partial charge in [-0.25, -0.2) is 0 Å². The molecule has 0 fully saturated rings. The van der Waals surface area contributed by atoms with Crippen molar-refractivity contribution in [2.45, 2.75) is 13.8 Å². The summed E-state index contributed by atoms with van der Waals surface area (Å²) < 4.78 is 5.49. The van der Waals surface area contributed by atoms with Gasteiger partial charge in [0.25, 0.3) is 0 Å². The van der Waals surface area contributed by atoms with Crippen LogP contribution in [0.4, 0.5) is 0 Å². The lowest BCUT2D eigenvalue weighted by Crippen LogP contribution is -2.01. The van der Waals surface area contributed by atoms with Gasteiger partial charge in [-0.05, 0) is 49.2 Å². The van der Waals surface area contributed by atoms with Gasteiger partial charge in [0.15, 0.2) is 5.76 Å². The Morgan fingerprint density at radius 3 is 2.53 bits per heavy atom. The first-order valence-corrected chi connectivity index (χ1v) is 6.23. The Morgan fingerprint density at radius 1 is 1.26 bits per heavy atom. The fraction of sp³-hybridized carbons (Fsp3) is 0.133. The van der Waals surface area contributed by atoms with Gasteiger partial charge in [0.2, 0.25) is 0 Å². The van der Waals surface area contributed by atoms with Crippen molar-refractivity contribution in [3.8, 4) is 0 Å². The Bertz CT molecular complexity index is 636. The molecule has 2 aromatic rings. The van der Waals surface area contributed by atoms with Crippen LogP contribution in [0.15, 0.2) is 34.7 Å². The zero-order valence-electron chi connectivity index (χ0n) is 10.8. The first-order chi connectivity index (χ1) is 9.01. The third-order valence-corrected chi connectivity index (χ3v) is 3.01. The number of nitrogens with one attached hydrogen (secondary N) is 1. The van der Waals surface area contributed by atoms with Crippen molar-refractivity contribution in [2.24, 2.45) is 5.73 Å². The molecule has 19 heavy (non-hydrogen) atoms. The van der Waals surface area contributed by atoms with Crippen molar-refractivity contribution < 1.29 is 4.42 Å². The molecule has 0 atom stereocenters. The van der Waals surface area contributed by atoms with Crippen LogP contribution in [0, 0.1) is 19.3 Å². The summed E-state index contributed by atoms with van der Waals surface area (Å²) >= 11 is 6.04. The summed E-state index contributed by atoms with van der Waals surface area (Å²) in [6, 6.07) is 9.23. The zero-order valence-corrected chi connectivity index (χ0v) is 11.6. The Labute approximate surface area is 117 Å². The number of hydrogen-bond acceptors (Lipinski definition) is 3. The summed E-state index contributed by atoms with van der Waals surface area (Å²) in [5.41, 5.74) is 8.95. The SMILES string of the molecule is Cc1cc(Cl)cc(/C(C=N)=C(/N)c2ccc(C)o2)c1. The van der Waals surface area contributed by atoms with Crippen LogP contribution in [0.5, 0.6) is 0 Å². The number of benzene rings is 1. The quantitative estimate of drug-likeness (QED) is 0.830. The molecule has 98 valence electrons. The van der Waals surface area contributed by atoms with E-state index in [1.807, 2.05) is 32.0 Å². The van der Waals surface area contributed by atoms with E-state index < -0.39 is 0 Å². The van der Waals surface area contributed by atoms with E-state index in [2.05, 4.69) is 0 Å². The molecule has 3 N–H and O–H groups in total. The van der Waals surface area contributed by atoms with Crippen molar-refractivity contribution >= 4 is 29.1 Å². The summed E-state index contributed by atoms with van der Waals surface area (Å²) in [7, 11) is 0. The standard InChI is InChI=1S/C15H15ClN2O/c1-9-5-11(7-12(16)6-9)13(8-17)15(18)14-4-3-10(2)19-14/h3-8,17H,18H2,1-2H3/b15-13+,17-8?. The summed E-state index contributed by atoms with van der Waals surface area (Å²) in [5, 5.41) is 8.20. The van der Waals surface area contributed by atoms with Crippen molar-refractivity contribution in [3.05, 3.63) is 58.0 Å². The summed E-state index contributed by atoms with van der Waals surface area (Å²) in [6.45, 7) is 3.80. The number of allylic oxidation sites excluding steroid dienone is 1. The van der Waals surface area contributed by atoms with E-state index in [-0.39, 0.29) is 0 Å². The first-order valence-electron chi connectivity index (χ1n) is 5.86. The summed E-state index contributed by atoms with van der Waals surface area (Å²) in [6.07, 6.45) is 1.22. The van der Waals surface area contributed by atoms with Gasteiger partial charge in [0.05, 0.1) is 5.70 Å². The molecule has 0 aliphatic rings. The molecule has 0 bridgehead atoms. The van der Waals surface area contributed by atoms with Gasteiger partial charge in [-0.1, -0.05) is 17.7 Å². The van der Waals surface area contributed by atoms with E-state index in [0.717, 1.165) is 16.9 Å². The molecular formula is C15H15ClN2O. The fourth-order valence-electron chi connectivity index (χ4n) is 1.92. The van der Waals surface area contributed by atoms with Gasteiger partial charge in [-0.3, -0.25) is 0 Å². The van der Waals surface area contributed by atoms with Crippen LogP contribution in [-0.4, -0.2) is 6.21 Å². The Kier molecular flexibility index (Phi) is 3.76. The van der Waals surface area contributed by atoms with E-state index in [1.54, 1.807) is 12.1 Å². The molecule has 0 saturated heterocycles. The average Bonchev–Trinajstić information content (AvgIpc) is 2.75. The van der Waals surface area contributed by atoms with Gasteiger partial charge in [0, 0.05) is 16.8 Å². The van der Waals surface area contributed by atoms with Crippen LogP contribution in [0.1, 0.15) is 22.6 Å². The molecule has 0 saturated carbocycles. The van der Waals surface area contributed by atoms with Crippen molar-refractivity contribution in [2.75, 3.05) is 0 Å². The first kappa shape index (κ1) is 13.4. The molecule has 0 spiro atoms. The van der Waals surface area contributed by atoms with Crippen LogP contribution in [-0.2, 0) is 0 Å². The molecule has 0 aliphatic heterocycles. The van der Waals surface area contributed by atoms with Gasteiger partial charge in [-0.15, -0.1) is 0 Å². The van der Waals surface area contributed by atoms with E-state index in [4.69, 9.17) is 27.2 Å². The minimum atomic E-state index is 0.435.